The number of hydrogen-bond donors (Lipinski definition) is 2. The fourth-order valence-electron chi connectivity index (χ4n) is 2.68. The van der Waals surface area contributed by atoms with Crippen LogP contribution in [-0.4, -0.2) is 79.2 Å². The maximum atomic E-state index is 12.3. The van der Waals surface area contributed by atoms with Crippen molar-refractivity contribution in [1.82, 2.24) is 15.1 Å². The van der Waals surface area contributed by atoms with Crippen molar-refractivity contribution in [1.29, 1.82) is 0 Å². The third kappa shape index (κ3) is 5.63. The quantitative estimate of drug-likeness (QED) is 0.763. The minimum Gasteiger partial charge on any atom is -0.435 e. The maximum absolute atomic E-state index is 12.3. The van der Waals surface area contributed by atoms with E-state index < -0.39 is 24.7 Å². The molecule has 0 saturated carbocycles. The van der Waals surface area contributed by atoms with Gasteiger partial charge >= 0.3 is 6.61 Å². The molecule has 1 aliphatic rings. The van der Waals surface area contributed by atoms with E-state index in [2.05, 4.69) is 10.1 Å². The second-order valence-corrected chi connectivity index (χ2v) is 6.36. The monoisotopic (exact) mass is 371 g/mol. The molecule has 2 amide bonds. The van der Waals surface area contributed by atoms with Crippen LogP contribution in [0.3, 0.4) is 0 Å². The van der Waals surface area contributed by atoms with Crippen LogP contribution in [0.2, 0.25) is 0 Å². The van der Waals surface area contributed by atoms with Gasteiger partial charge in [0.05, 0.1) is 18.7 Å². The first-order chi connectivity index (χ1) is 12.3. The summed E-state index contributed by atoms with van der Waals surface area (Å²) in [6, 6.07) is 4.89. The summed E-state index contributed by atoms with van der Waals surface area (Å²) in [5, 5.41) is 13.0. The van der Waals surface area contributed by atoms with Gasteiger partial charge in [0.2, 0.25) is 5.91 Å². The van der Waals surface area contributed by atoms with Gasteiger partial charge in [0.25, 0.3) is 5.91 Å². The first kappa shape index (κ1) is 20.1. The van der Waals surface area contributed by atoms with Crippen LogP contribution < -0.4 is 10.1 Å². The predicted molar refractivity (Wildman–Crippen MR) is 90.1 cm³/mol. The second-order valence-electron chi connectivity index (χ2n) is 6.36. The van der Waals surface area contributed by atoms with Gasteiger partial charge in [-0.2, -0.15) is 8.78 Å². The van der Waals surface area contributed by atoms with Crippen molar-refractivity contribution in [3.05, 3.63) is 29.8 Å². The molecule has 26 heavy (non-hydrogen) atoms. The number of likely N-dealkylation sites (tertiary alicyclic amines) is 1. The number of benzene rings is 1. The van der Waals surface area contributed by atoms with Crippen molar-refractivity contribution in [2.75, 3.05) is 33.7 Å². The molecule has 144 valence electrons. The van der Waals surface area contributed by atoms with Crippen LogP contribution in [0.25, 0.3) is 0 Å². The lowest BCUT2D eigenvalue weighted by Crippen LogP contribution is -2.55. The van der Waals surface area contributed by atoms with Crippen molar-refractivity contribution >= 4 is 11.8 Å². The molecule has 2 rings (SSSR count). The topological polar surface area (TPSA) is 82.1 Å². The number of aliphatic hydroxyl groups is 1. The molecule has 0 unspecified atom stereocenters. The molecule has 9 heteroatoms. The van der Waals surface area contributed by atoms with Crippen LogP contribution in [0.15, 0.2) is 24.3 Å². The Hall–Kier alpha value is -2.26. The lowest BCUT2D eigenvalue weighted by molar-refractivity contribution is -0.130. The van der Waals surface area contributed by atoms with Gasteiger partial charge < -0.3 is 20.1 Å². The van der Waals surface area contributed by atoms with E-state index >= 15 is 0 Å². The molecule has 0 bridgehead atoms. The normalized spacial score (nSPS) is 20.7. The Morgan fingerprint density at radius 3 is 2.54 bits per heavy atom. The van der Waals surface area contributed by atoms with Gasteiger partial charge in [-0.25, -0.2) is 0 Å². The van der Waals surface area contributed by atoms with E-state index in [1.54, 1.807) is 14.1 Å². The average Bonchev–Trinajstić information content (AvgIpc) is 2.57. The highest BCUT2D eigenvalue weighted by Crippen LogP contribution is 2.16. The van der Waals surface area contributed by atoms with E-state index in [0.29, 0.717) is 13.0 Å². The van der Waals surface area contributed by atoms with Crippen LogP contribution in [-0.2, 0) is 4.79 Å². The number of piperidine rings is 1. The summed E-state index contributed by atoms with van der Waals surface area (Å²) in [7, 11) is 3.34. The summed E-state index contributed by atoms with van der Waals surface area (Å²) in [6.07, 6.45) is -0.302. The Morgan fingerprint density at radius 2 is 2.00 bits per heavy atom. The van der Waals surface area contributed by atoms with Crippen LogP contribution in [0.4, 0.5) is 8.78 Å². The van der Waals surface area contributed by atoms with Crippen molar-refractivity contribution in [3.8, 4) is 5.75 Å². The van der Waals surface area contributed by atoms with E-state index in [-0.39, 0.29) is 30.3 Å². The highest BCUT2D eigenvalue weighted by Gasteiger charge is 2.30. The van der Waals surface area contributed by atoms with Gasteiger partial charge in [-0.1, -0.05) is 0 Å². The van der Waals surface area contributed by atoms with Gasteiger partial charge in [-0.05, 0) is 30.7 Å². The van der Waals surface area contributed by atoms with Gasteiger partial charge in [0.15, 0.2) is 0 Å². The second kappa shape index (κ2) is 8.91. The fraction of sp³-hybridized carbons (Fsp3) is 0.529. The SMILES string of the molecule is CN(C)C(=O)CN1CC[C@@H](NC(=O)c2ccc(OC(F)F)cc2)[C@H](O)C1. The predicted octanol–water partition coefficient (Wildman–Crippen LogP) is 0.541. The van der Waals surface area contributed by atoms with E-state index in [9.17, 15) is 23.5 Å². The molecular formula is C17H23F2N3O4. The third-order valence-corrected chi connectivity index (χ3v) is 4.18. The summed E-state index contributed by atoms with van der Waals surface area (Å²) >= 11 is 0. The number of nitrogens with zero attached hydrogens (tertiary/aromatic N) is 2. The number of likely N-dealkylation sites (N-methyl/N-ethyl adjacent to an activating group) is 1. The molecule has 1 heterocycles. The number of β-amino-alcohol motifs (C(OH)–C–C–N with tert-alkyl or cyclic N) is 1. The van der Waals surface area contributed by atoms with Crippen LogP contribution in [0, 0.1) is 0 Å². The average molecular weight is 371 g/mol. The number of rotatable bonds is 6. The number of carbonyl (C=O) groups is 2. The number of carbonyl (C=O) groups excluding carboxylic acids is 2. The number of ether oxygens (including phenoxy) is 1. The molecule has 0 aromatic heterocycles. The molecule has 1 aromatic rings. The summed E-state index contributed by atoms with van der Waals surface area (Å²) in [6.45, 7) is -1.85. The lowest BCUT2D eigenvalue weighted by atomic mass is 10.0. The number of halogens is 2. The van der Waals surface area contributed by atoms with Gasteiger partial charge in [-0.15, -0.1) is 0 Å². The Bertz CT molecular complexity index is 625. The van der Waals surface area contributed by atoms with E-state index in [0.717, 1.165) is 0 Å². The Morgan fingerprint density at radius 1 is 1.35 bits per heavy atom. The summed E-state index contributed by atoms with van der Waals surface area (Å²) in [5.41, 5.74) is 0.282. The molecule has 0 spiro atoms. The summed E-state index contributed by atoms with van der Waals surface area (Å²) < 4.78 is 28.5. The number of hydrogen-bond acceptors (Lipinski definition) is 5. The number of alkyl halides is 2. The first-order valence-corrected chi connectivity index (χ1v) is 8.22. The van der Waals surface area contributed by atoms with Crippen molar-refractivity contribution < 1.29 is 28.2 Å². The van der Waals surface area contributed by atoms with Crippen LogP contribution >= 0.6 is 0 Å². The van der Waals surface area contributed by atoms with Crippen molar-refractivity contribution in [3.63, 3.8) is 0 Å². The molecule has 0 radical (unpaired) electrons. The Labute approximate surface area is 150 Å². The zero-order chi connectivity index (χ0) is 19.3. The zero-order valence-corrected chi connectivity index (χ0v) is 14.7. The van der Waals surface area contributed by atoms with Crippen molar-refractivity contribution in [2.24, 2.45) is 0 Å². The molecule has 7 nitrogen and oxygen atoms in total. The van der Waals surface area contributed by atoms with Gasteiger partial charge in [0, 0.05) is 32.7 Å². The molecule has 1 aromatic carbocycles. The largest absolute Gasteiger partial charge is 0.435 e. The molecule has 2 N–H and O–H groups in total. The molecule has 1 fully saturated rings. The fourth-order valence-corrected chi connectivity index (χ4v) is 2.68. The number of amides is 2. The Kier molecular flexibility index (Phi) is 6.87. The first-order valence-electron chi connectivity index (χ1n) is 8.22. The summed E-state index contributed by atoms with van der Waals surface area (Å²) in [5.74, 6) is -0.489. The minimum absolute atomic E-state index is 0.0320. The molecule has 1 aliphatic heterocycles. The highest BCUT2D eigenvalue weighted by atomic mass is 19.3. The van der Waals surface area contributed by atoms with E-state index in [1.165, 1.54) is 29.2 Å². The number of nitrogens with one attached hydrogen (secondary N) is 1. The standard InChI is InChI=1S/C17H23F2N3O4/c1-21(2)15(24)10-22-8-7-13(14(23)9-22)20-16(25)11-3-5-12(6-4-11)26-17(18)19/h3-6,13-14,17,23H,7-10H2,1-2H3,(H,20,25)/t13-,14-/m1/s1. The van der Waals surface area contributed by atoms with Crippen LogP contribution in [0.5, 0.6) is 5.75 Å². The van der Waals surface area contributed by atoms with E-state index in [4.69, 9.17) is 0 Å². The maximum Gasteiger partial charge on any atom is 0.387 e. The lowest BCUT2D eigenvalue weighted by Gasteiger charge is -2.36. The zero-order valence-electron chi connectivity index (χ0n) is 14.7. The van der Waals surface area contributed by atoms with Crippen LogP contribution in [0.1, 0.15) is 16.8 Å². The molecular weight excluding hydrogens is 348 g/mol. The molecule has 1 saturated heterocycles. The van der Waals surface area contributed by atoms with Crippen molar-refractivity contribution in [2.45, 2.75) is 25.2 Å². The molecule has 0 aliphatic carbocycles. The highest BCUT2D eigenvalue weighted by molar-refractivity contribution is 5.94. The third-order valence-electron chi connectivity index (χ3n) is 4.18. The smallest absolute Gasteiger partial charge is 0.387 e. The van der Waals surface area contributed by atoms with E-state index in [1.807, 2.05) is 4.90 Å². The number of aliphatic hydroxyl groups excluding tert-OH is 1. The molecule has 2 atom stereocenters. The summed E-state index contributed by atoms with van der Waals surface area (Å²) in [4.78, 5) is 27.3. The Balaban J connectivity index is 1.87. The van der Waals surface area contributed by atoms with Gasteiger partial charge in [-0.3, -0.25) is 14.5 Å². The minimum atomic E-state index is -2.92. The van der Waals surface area contributed by atoms with Gasteiger partial charge in [0.1, 0.15) is 5.75 Å².